The van der Waals surface area contributed by atoms with Crippen LogP contribution < -0.4 is 0 Å². The van der Waals surface area contributed by atoms with Crippen molar-refractivity contribution in [1.29, 1.82) is 0 Å². The number of carboxylic acids is 2. The summed E-state index contributed by atoms with van der Waals surface area (Å²) >= 11 is 0. The van der Waals surface area contributed by atoms with E-state index in [1.165, 1.54) is 7.11 Å². The molecule has 0 spiro atoms. The second-order valence-electron chi connectivity index (χ2n) is 5.45. The van der Waals surface area contributed by atoms with Gasteiger partial charge in [-0.2, -0.15) is 0 Å². The first-order valence-corrected chi connectivity index (χ1v) is 7.78. The van der Waals surface area contributed by atoms with Gasteiger partial charge >= 0.3 is 11.9 Å². The van der Waals surface area contributed by atoms with E-state index in [9.17, 15) is 9.59 Å². The zero-order chi connectivity index (χ0) is 16.4. The standard InChI is InChI=1S/C16H25NO5/c1-22-16-12(9-10-14(18)19)7-5-3-2-4-6-8-13(16)17-11-15(20)21/h2-11H2,1H3,(H,18,19)(H,20,21)/b16-12-,17-13?. The van der Waals surface area contributed by atoms with Crippen LogP contribution in [0.3, 0.4) is 0 Å². The van der Waals surface area contributed by atoms with Gasteiger partial charge in [0.1, 0.15) is 12.3 Å². The van der Waals surface area contributed by atoms with Crippen LogP contribution in [0.2, 0.25) is 0 Å². The Bertz CT molecular complexity index is 453. The van der Waals surface area contributed by atoms with Crippen LogP contribution in [0, 0.1) is 0 Å². The smallest absolute Gasteiger partial charge is 0.325 e. The van der Waals surface area contributed by atoms with E-state index in [0.29, 0.717) is 24.3 Å². The van der Waals surface area contributed by atoms with Crippen LogP contribution in [-0.2, 0) is 14.3 Å². The van der Waals surface area contributed by atoms with Crippen molar-refractivity contribution in [1.82, 2.24) is 0 Å². The van der Waals surface area contributed by atoms with Gasteiger partial charge in [0.25, 0.3) is 0 Å². The molecule has 0 aliphatic heterocycles. The Kier molecular flexibility index (Phi) is 8.25. The van der Waals surface area contributed by atoms with Crippen LogP contribution in [0.5, 0.6) is 0 Å². The number of carbonyl (C=O) groups is 2. The monoisotopic (exact) mass is 311 g/mol. The first-order valence-electron chi connectivity index (χ1n) is 7.78. The van der Waals surface area contributed by atoms with E-state index in [0.717, 1.165) is 44.1 Å². The van der Waals surface area contributed by atoms with Crippen LogP contribution in [-0.4, -0.2) is 41.5 Å². The average Bonchev–Trinajstić information content (AvgIpc) is 2.47. The highest BCUT2D eigenvalue weighted by Crippen LogP contribution is 2.25. The quantitative estimate of drug-likeness (QED) is 0.786. The second-order valence-corrected chi connectivity index (χ2v) is 5.45. The number of hydrogen-bond acceptors (Lipinski definition) is 4. The van der Waals surface area contributed by atoms with Crippen LogP contribution in [0.4, 0.5) is 0 Å². The van der Waals surface area contributed by atoms with Crippen molar-refractivity contribution in [2.75, 3.05) is 13.7 Å². The average molecular weight is 311 g/mol. The maximum Gasteiger partial charge on any atom is 0.325 e. The maximum atomic E-state index is 10.8. The number of aliphatic carboxylic acids is 2. The van der Waals surface area contributed by atoms with Crippen molar-refractivity contribution in [3.63, 3.8) is 0 Å². The molecule has 0 atom stereocenters. The van der Waals surface area contributed by atoms with E-state index in [4.69, 9.17) is 14.9 Å². The second kappa shape index (κ2) is 9.97. The molecule has 0 fully saturated rings. The SMILES string of the molecule is CO/C1=C(\CCC(=O)O)CCCCCCCC1=NCC(=O)O. The van der Waals surface area contributed by atoms with Gasteiger partial charge in [0.2, 0.25) is 0 Å². The molecule has 0 amide bonds. The van der Waals surface area contributed by atoms with Gasteiger partial charge in [-0.05, 0) is 37.7 Å². The molecular weight excluding hydrogens is 286 g/mol. The minimum absolute atomic E-state index is 0.0500. The fraction of sp³-hybridized carbons (Fsp3) is 0.688. The molecule has 0 radical (unpaired) electrons. The van der Waals surface area contributed by atoms with Gasteiger partial charge in [0.15, 0.2) is 0 Å². The third-order valence-corrected chi connectivity index (χ3v) is 3.73. The number of methoxy groups -OCH3 is 1. The number of ether oxygens (including phenoxy) is 1. The molecule has 0 heterocycles. The lowest BCUT2D eigenvalue weighted by atomic mass is 9.95. The van der Waals surface area contributed by atoms with E-state index >= 15 is 0 Å². The highest BCUT2D eigenvalue weighted by atomic mass is 16.5. The van der Waals surface area contributed by atoms with Crippen LogP contribution >= 0.6 is 0 Å². The lowest BCUT2D eigenvalue weighted by molar-refractivity contribution is -0.137. The molecule has 124 valence electrons. The van der Waals surface area contributed by atoms with E-state index in [-0.39, 0.29) is 13.0 Å². The van der Waals surface area contributed by atoms with E-state index in [1.54, 1.807) is 0 Å². The predicted octanol–water partition coefficient (Wildman–Crippen LogP) is 3.02. The zero-order valence-electron chi connectivity index (χ0n) is 13.1. The van der Waals surface area contributed by atoms with Gasteiger partial charge in [-0.25, -0.2) is 0 Å². The molecule has 1 aliphatic rings. The lowest BCUT2D eigenvalue weighted by Gasteiger charge is -2.18. The molecule has 0 bridgehead atoms. The third-order valence-electron chi connectivity index (χ3n) is 3.73. The molecular formula is C16H25NO5. The van der Waals surface area contributed by atoms with Crippen LogP contribution in [0.25, 0.3) is 0 Å². The summed E-state index contributed by atoms with van der Waals surface area (Å²) in [5, 5.41) is 17.7. The molecule has 6 heteroatoms. The largest absolute Gasteiger partial charge is 0.495 e. The van der Waals surface area contributed by atoms with Crippen molar-refractivity contribution in [3.05, 3.63) is 11.3 Å². The Morgan fingerprint density at radius 3 is 2.27 bits per heavy atom. The Morgan fingerprint density at radius 1 is 1.05 bits per heavy atom. The molecule has 2 N–H and O–H groups in total. The summed E-state index contributed by atoms with van der Waals surface area (Å²) in [5.74, 6) is -1.22. The van der Waals surface area contributed by atoms with Crippen molar-refractivity contribution in [3.8, 4) is 0 Å². The fourth-order valence-corrected chi connectivity index (χ4v) is 2.66. The Balaban J connectivity index is 3.06. The van der Waals surface area contributed by atoms with Crippen LogP contribution in [0.1, 0.15) is 57.8 Å². The highest BCUT2D eigenvalue weighted by molar-refractivity contribution is 6.00. The third kappa shape index (κ3) is 6.74. The first kappa shape index (κ1) is 18.2. The molecule has 0 aromatic heterocycles. The maximum absolute atomic E-state index is 10.8. The number of hydrogen-bond donors (Lipinski definition) is 2. The first-order chi connectivity index (χ1) is 10.5. The molecule has 0 saturated carbocycles. The minimum Gasteiger partial charge on any atom is -0.495 e. The van der Waals surface area contributed by atoms with Crippen molar-refractivity contribution in [2.24, 2.45) is 4.99 Å². The van der Waals surface area contributed by atoms with E-state index in [1.807, 2.05) is 0 Å². The van der Waals surface area contributed by atoms with Gasteiger partial charge in [0.05, 0.1) is 12.8 Å². The summed E-state index contributed by atoms with van der Waals surface area (Å²) in [6.45, 7) is -0.283. The van der Waals surface area contributed by atoms with Gasteiger partial charge in [-0.1, -0.05) is 19.3 Å². The Morgan fingerprint density at radius 2 is 1.68 bits per heavy atom. The van der Waals surface area contributed by atoms with Crippen LogP contribution in [0.15, 0.2) is 16.3 Å². The number of allylic oxidation sites excluding steroid dienone is 2. The molecule has 0 aromatic rings. The summed E-state index contributed by atoms with van der Waals surface area (Å²) in [5.41, 5.74) is 1.60. The zero-order valence-corrected chi connectivity index (χ0v) is 13.1. The van der Waals surface area contributed by atoms with Gasteiger partial charge < -0.3 is 14.9 Å². The molecule has 22 heavy (non-hydrogen) atoms. The number of nitrogens with zero attached hydrogens (tertiary/aromatic N) is 1. The normalized spacial score (nSPS) is 22.3. The Hall–Kier alpha value is -1.85. The molecule has 0 unspecified atom stereocenters. The lowest BCUT2D eigenvalue weighted by Crippen LogP contribution is -2.13. The number of rotatable bonds is 6. The van der Waals surface area contributed by atoms with E-state index < -0.39 is 11.9 Å². The summed E-state index contributed by atoms with van der Waals surface area (Å²) in [4.78, 5) is 25.8. The topological polar surface area (TPSA) is 96.2 Å². The summed E-state index contributed by atoms with van der Waals surface area (Å²) in [6, 6.07) is 0. The van der Waals surface area contributed by atoms with Crippen molar-refractivity contribution < 1.29 is 24.5 Å². The molecule has 0 aromatic carbocycles. The van der Waals surface area contributed by atoms with Gasteiger partial charge in [-0.15, -0.1) is 0 Å². The minimum atomic E-state index is -0.980. The highest BCUT2D eigenvalue weighted by Gasteiger charge is 2.17. The van der Waals surface area contributed by atoms with Crippen molar-refractivity contribution in [2.45, 2.75) is 57.8 Å². The van der Waals surface area contributed by atoms with Gasteiger partial charge in [0, 0.05) is 6.42 Å². The van der Waals surface area contributed by atoms with Gasteiger partial charge in [-0.3, -0.25) is 14.6 Å². The fourth-order valence-electron chi connectivity index (χ4n) is 2.66. The molecule has 6 nitrogen and oxygen atoms in total. The predicted molar refractivity (Wildman–Crippen MR) is 83.2 cm³/mol. The summed E-state index contributed by atoms with van der Waals surface area (Å²) < 4.78 is 5.48. The molecule has 1 aliphatic carbocycles. The summed E-state index contributed by atoms with van der Waals surface area (Å²) in [7, 11) is 1.54. The van der Waals surface area contributed by atoms with Crippen molar-refractivity contribution >= 4 is 17.7 Å². The van der Waals surface area contributed by atoms with E-state index in [2.05, 4.69) is 4.99 Å². The molecule has 0 saturated heterocycles. The summed E-state index contributed by atoms with van der Waals surface area (Å²) in [6.07, 6.45) is 7.21. The number of aliphatic imine (C=N–C) groups is 1. The Labute approximate surface area is 130 Å². The molecule has 1 rings (SSSR count). The number of carboxylic acid groups (broad SMARTS) is 2.